The number of nitrogens with zero attached hydrogens (tertiary/aromatic N) is 2. The Morgan fingerprint density at radius 2 is 1.79 bits per heavy atom. The molecule has 4 aromatic rings. The van der Waals surface area contributed by atoms with Crippen molar-refractivity contribution in [2.24, 2.45) is 0 Å². The molecule has 0 aliphatic carbocycles. The van der Waals surface area contributed by atoms with Gasteiger partial charge < -0.3 is 19.4 Å². The van der Waals surface area contributed by atoms with E-state index < -0.39 is 0 Å². The normalized spacial score (nSPS) is 10.8. The van der Waals surface area contributed by atoms with Gasteiger partial charge in [-0.15, -0.1) is 0 Å². The molecule has 174 valence electrons. The largest absolute Gasteiger partial charge is 0.465 e. The number of fused-ring (bicyclic) bond motifs is 1. The Morgan fingerprint density at radius 1 is 1.03 bits per heavy atom. The first-order valence-corrected chi connectivity index (χ1v) is 11.3. The number of carbonyl (C=O) groups excluding carboxylic acids is 2. The lowest BCUT2D eigenvalue weighted by molar-refractivity contribution is -0.143. The number of para-hydroxylation sites is 1. The van der Waals surface area contributed by atoms with Gasteiger partial charge in [0.1, 0.15) is 23.6 Å². The summed E-state index contributed by atoms with van der Waals surface area (Å²) in [5.41, 5.74) is 2.40. The van der Waals surface area contributed by atoms with Crippen LogP contribution in [0.2, 0.25) is 10.0 Å². The topological polar surface area (TPSA) is 82.5 Å². The van der Waals surface area contributed by atoms with Crippen LogP contribution in [0.25, 0.3) is 11.0 Å². The lowest BCUT2D eigenvalue weighted by atomic mass is 10.2. The fourth-order valence-electron chi connectivity index (χ4n) is 3.43. The van der Waals surface area contributed by atoms with Crippen LogP contribution >= 0.6 is 23.2 Å². The molecule has 9 heteroatoms. The zero-order valence-electron chi connectivity index (χ0n) is 18.5. The highest BCUT2D eigenvalue weighted by Gasteiger charge is 2.15. The van der Waals surface area contributed by atoms with Crippen molar-refractivity contribution in [2.75, 3.05) is 11.9 Å². The first kappa shape index (κ1) is 23.6. The summed E-state index contributed by atoms with van der Waals surface area (Å²) in [4.78, 5) is 29.0. The van der Waals surface area contributed by atoms with E-state index in [-0.39, 0.29) is 18.4 Å². The minimum absolute atomic E-state index is 0.0762. The van der Waals surface area contributed by atoms with Crippen molar-refractivity contribution in [3.05, 3.63) is 82.1 Å². The van der Waals surface area contributed by atoms with Crippen LogP contribution in [-0.2, 0) is 16.1 Å². The van der Waals surface area contributed by atoms with E-state index in [4.69, 9.17) is 32.7 Å². The SMILES string of the molecule is CCOC(=O)Cn1c(C)nc2c(Oc3ccc(NC(=O)c4ccc(Cl)c(Cl)c4)cc3)cccc21. The number of halogens is 2. The maximum absolute atomic E-state index is 12.5. The maximum atomic E-state index is 12.5. The number of hydrogen-bond acceptors (Lipinski definition) is 5. The molecule has 0 unspecified atom stereocenters. The molecule has 3 aromatic carbocycles. The fraction of sp³-hybridized carbons (Fsp3) is 0.160. The third-order valence-electron chi connectivity index (χ3n) is 5.05. The number of imidazole rings is 1. The number of hydrogen-bond donors (Lipinski definition) is 1. The van der Waals surface area contributed by atoms with Crippen molar-refractivity contribution >= 4 is 51.8 Å². The highest BCUT2D eigenvalue weighted by molar-refractivity contribution is 6.42. The molecule has 1 heterocycles. The summed E-state index contributed by atoms with van der Waals surface area (Å²) in [6, 6.07) is 17.2. The van der Waals surface area contributed by atoms with Crippen LogP contribution in [0.1, 0.15) is 23.1 Å². The van der Waals surface area contributed by atoms with Gasteiger partial charge in [-0.3, -0.25) is 9.59 Å². The number of benzene rings is 3. The first-order valence-electron chi connectivity index (χ1n) is 10.5. The van der Waals surface area contributed by atoms with E-state index >= 15 is 0 Å². The van der Waals surface area contributed by atoms with Gasteiger partial charge in [-0.1, -0.05) is 29.3 Å². The van der Waals surface area contributed by atoms with Crippen molar-refractivity contribution in [3.63, 3.8) is 0 Å². The number of ether oxygens (including phenoxy) is 2. The van der Waals surface area contributed by atoms with Crippen LogP contribution in [0.4, 0.5) is 5.69 Å². The highest BCUT2D eigenvalue weighted by Crippen LogP contribution is 2.31. The molecule has 0 aliphatic rings. The lowest BCUT2D eigenvalue weighted by Crippen LogP contribution is -2.14. The second-order valence-corrected chi connectivity index (χ2v) is 8.20. The fourth-order valence-corrected chi connectivity index (χ4v) is 3.73. The summed E-state index contributed by atoms with van der Waals surface area (Å²) in [5, 5.41) is 3.51. The molecule has 1 N–H and O–H groups in total. The highest BCUT2D eigenvalue weighted by atomic mass is 35.5. The summed E-state index contributed by atoms with van der Waals surface area (Å²) in [5.74, 6) is 1.17. The van der Waals surface area contributed by atoms with Crippen LogP contribution < -0.4 is 10.1 Å². The molecule has 34 heavy (non-hydrogen) atoms. The van der Waals surface area contributed by atoms with Gasteiger partial charge >= 0.3 is 5.97 Å². The molecule has 4 rings (SSSR count). The number of esters is 1. The van der Waals surface area contributed by atoms with E-state index in [1.165, 1.54) is 6.07 Å². The molecule has 0 fully saturated rings. The van der Waals surface area contributed by atoms with Gasteiger partial charge in [0.25, 0.3) is 5.91 Å². The number of amides is 1. The quantitative estimate of drug-likeness (QED) is 0.304. The van der Waals surface area contributed by atoms with Gasteiger partial charge in [0.2, 0.25) is 0 Å². The molecule has 1 amide bonds. The Hall–Kier alpha value is -3.55. The number of anilines is 1. The minimum atomic E-state index is -0.324. The second kappa shape index (κ2) is 10.2. The van der Waals surface area contributed by atoms with Crippen molar-refractivity contribution < 1.29 is 19.1 Å². The second-order valence-electron chi connectivity index (χ2n) is 7.38. The monoisotopic (exact) mass is 497 g/mol. The van der Waals surface area contributed by atoms with E-state index in [0.29, 0.717) is 50.7 Å². The van der Waals surface area contributed by atoms with Crippen LogP contribution in [0, 0.1) is 6.92 Å². The van der Waals surface area contributed by atoms with E-state index in [0.717, 1.165) is 5.52 Å². The standard InChI is InChI=1S/C25H21Cl2N3O4/c1-3-33-23(31)14-30-15(2)28-24-21(30)5-4-6-22(24)34-18-10-8-17(9-11-18)29-25(32)16-7-12-19(26)20(27)13-16/h4-13H,3,14H2,1-2H3,(H,29,32). The van der Waals surface area contributed by atoms with Crippen molar-refractivity contribution in [3.8, 4) is 11.5 Å². The van der Waals surface area contributed by atoms with Gasteiger partial charge in [0.15, 0.2) is 5.75 Å². The number of nitrogens with one attached hydrogen (secondary N) is 1. The maximum Gasteiger partial charge on any atom is 0.326 e. The van der Waals surface area contributed by atoms with Crippen LogP contribution in [0.3, 0.4) is 0 Å². The van der Waals surface area contributed by atoms with Crippen molar-refractivity contribution in [2.45, 2.75) is 20.4 Å². The van der Waals surface area contributed by atoms with Gasteiger partial charge in [-0.25, -0.2) is 4.98 Å². The number of aromatic nitrogens is 2. The Morgan fingerprint density at radius 3 is 2.50 bits per heavy atom. The Bertz CT molecular complexity index is 1370. The molecule has 0 saturated heterocycles. The molecule has 7 nitrogen and oxygen atoms in total. The zero-order chi connectivity index (χ0) is 24.2. The summed E-state index contributed by atoms with van der Waals surface area (Å²) in [6.07, 6.45) is 0. The molecule has 0 aliphatic heterocycles. The summed E-state index contributed by atoms with van der Waals surface area (Å²) >= 11 is 11.9. The zero-order valence-corrected chi connectivity index (χ0v) is 20.0. The van der Waals surface area contributed by atoms with Crippen LogP contribution in [0.5, 0.6) is 11.5 Å². The Labute approximate surface area is 206 Å². The van der Waals surface area contributed by atoms with E-state index in [1.54, 1.807) is 47.9 Å². The average molecular weight is 498 g/mol. The Balaban J connectivity index is 1.50. The molecular weight excluding hydrogens is 477 g/mol. The first-order chi connectivity index (χ1) is 16.4. The molecular formula is C25H21Cl2N3O4. The van der Waals surface area contributed by atoms with E-state index in [1.807, 2.05) is 25.1 Å². The van der Waals surface area contributed by atoms with Crippen LogP contribution in [-0.4, -0.2) is 28.0 Å². The van der Waals surface area contributed by atoms with E-state index in [2.05, 4.69) is 10.3 Å². The molecule has 0 spiro atoms. The van der Waals surface area contributed by atoms with Gasteiger partial charge in [-0.2, -0.15) is 0 Å². The predicted octanol–water partition coefficient (Wildman–Crippen LogP) is 6.26. The molecule has 0 saturated carbocycles. The summed E-state index contributed by atoms with van der Waals surface area (Å²) in [6.45, 7) is 4.00. The molecule has 0 radical (unpaired) electrons. The Kier molecular flexibility index (Phi) is 7.05. The predicted molar refractivity (Wildman–Crippen MR) is 132 cm³/mol. The number of carbonyl (C=O) groups is 2. The van der Waals surface area contributed by atoms with Gasteiger partial charge in [0.05, 0.1) is 22.2 Å². The van der Waals surface area contributed by atoms with Gasteiger partial charge in [0, 0.05) is 11.3 Å². The molecule has 0 atom stereocenters. The van der Waals surface area contributed by atoms with Crippen molar-refractivity contribution in [1.29, 1.82) is 0 Å². The average Bonchev–Trinajstić information content (AvgIpc) is 3.13. The number of rotatable bonds is 7. The molecule has 1 aromatic heterocycles. The third-order valence-corrected chi connectivity index (χ3v) is 5.79. The number of aryl methyl sites for hydroxylation is 1. The van der Waals surface area contributed by atoms with Crippen LogP contribution in [0.15, 0.2) is 60.7 Å². The van der Waals surface area contributed by atoms with E-state index in [9.17, 15) is 9.59 Å². The van der Waals surface area contributed by atoms with Gasteiger partial charge in [-0.05, 0) is 68.4 Å². The lowest BCUT2D eigenvalue weighted by Gasteiger charge is -2.10. The minimum Gasteiger partial charge on any atom is -0.465 e. The summed E-state index contributed by atoms with van der Waals surface area (Å²) < 4.78 is 12.9. The summed E-state index contributed by atoms with van der Waals surface area (Å²) in [7, 11) is 0. The third kappa shape index (κ3) is 5.16. The van der Waals surface area contributed by atoms with Crippen molar-refractivity contribution in [1.82, 2.24) is 9.55 Å². The smallest absolute Gasteiger partial charge is 0.326 e. The molecule has 0 bridgehead atoms.